The Balaban J connectivity index is 2.69. The minimum Gasteiger partial charge on any atom is -0.343 e. The maximum atomic E-state index is 11.7. The van der Waals surface area contributed by atoms with E-state index in [1.54, 1.807) is 19.1 Å². The fourth-order valence-electron chi connectivity index (χ4n) is 1.27. The molecule has 0 saturated heterocycles. The van der Waals surface area contributed by atoms with Crippen molar-refractivity contribution in [3.63, 3.8) is 0 Å². The number of ketones is 1. The van der Waals surface area contributed by atoms with E-state index in [2.05, 4.69) is 12.2 Å². The second-order valence-electron chi connectivity index (χ2n) is 3.86. The van der Waals surface area contributed by atoms with Crippen LogP contribution < -0.4 is 5.32 Å². The minimum absolute atomic E-state index is 0.0430. The van der Waals surface area contributed by atoms with Crippen molar-refractivity contribution in [2.75, 3.05) is 0 Å². The number of carbonyl (C=O) groups is 2. The van der Waals surface area contributed by atoms with Gasteiger partial charge in [0.15, 0.2) is 5.78 Å². The third-order valence-corrected chi connectivity index (χ3v) is 2.58. The minimum atomic E-state index is -0.432. The second kappa shape index (κ2) is 5.45. The van der Waals surface area contributed by atoms with Crippen molar-refractivity contribution in [1.29, 1.82) is 0 Å². The van der Waals surface area contributed by atoms with Crippen LogP contribution in [0.15, 0.2) is 24.3 Å². The van der Waals surface area contributed by atoms with Gasteiger partial charge in [0.1, 0.15) is 0 Å². The van der Waals surface area contributed by atoms with Crippen LogP contribution in [0.5, 0.6) is 0 Å². The molecule has 16 heavy (non-hydrogen) atoms. The third-order valence-electron chi connectivity index (χ3n) is 2.58. The number of rotatable bonds is 4. The lowest BCUT2D eigenvalue weighted by Crippen LogP contribution is -2.37. The van der Waals surface area contributed by atoms with Gasteiger partial charge in [-0.3, -0.25) is 9.59 Å². The lowest BCUT2D eigenvalue weighted by molar-refractivity contribution is -0.118. The zero-order valence-corrected chi connectivity index (χ0v) is 9.91. The molecule has 0 aromatic heterocycles. The highest BCUT2D eigenvalue weighted by atomic mass is 16.2. The number of aryl methyl sites for hydroxylation is 1. The molecule has 3 heteroatoms. The summed E-state index contributed by atoms with van der Waals surface area (Å²) in [4.78, 5) is 22.7. The standard InChI is InChI=1S/C13H17NO2/c1-4-11-5-7-12(8-6-11)13(16)14-9(2)10(3)15/h5-9H,4H2,1-3H3,(H,14,16). The summed E-state index contributed by atoms with van der Waals surface area (Å²) < 4.78 is 0. The monoisotopic (exact) mass is 219 g/mol. The topological polar surface area (TPSA) is 46.2 Å². The Labute approximate surface area is 95.9 Å². The van der Waals surface area contributed by atoms with Crippen molar-refractivity contribution in [1.82, 2.24) is 5.32 Å². The molecule has 1 N–H and O–H groups in total. The van der Waals surface area contributed by atoms with E-state index in [4.69, 9.17) is 0 Å². The fourth-order valence-corrected chi connectivity index (χ4v) is 1.27. The molecule has 1 atom stereocenters. The van der Waals surface area contributed by atoms with Gasteiger partial charge in [0.05, 0.1) is 6.04 Å². The molecule has 0 fully saturated rings. The summed E-state index contributed by atoms with van der Waals surface area (Å²) in [6.07, 6.45) is 0.950. The van der Waals surface area contributed by atoms with Crippen LogP contribution in [0.1, 0.15) is 36.7 Å². The Morgan fingerprint density at radius 3 is 2.25 bits per heavy atom. The molecule has 1 rings (SSSR count). The van der Waals surface area contributed by atoms with E-state index in [0.29, 0.717) is 5.56 Å². The summed E-state index contributed by atoms with van der Waals surface area (Å²) in [6.45, 7) is 5.21. The Bertz CT molecular complexity index is 381. The molecule has 0 aliphatic heterocycles. The maximum Gasteiger partial charge on any atom is 0.251 e. The molecule has 3 nitrogen and oxygen atoms in total. The molecule has 86 valence electrons. The molecule has 1 unspecified atom stereocenters. The van der Waals surface area contributed by atoms with Gasteiger partial charge in [-0.15, -0.1) is 0 Å². The molecule has 0 spiro atoms. The molecule has 1 amide bonds. The number of hydrogen-bond acceptors (Lipinski definition) is 2. The highest BCUT2D eigenvalue weighted by Gasteiger charge is 2.12. The lowest BCUT2D eigenvalue weighted by atomic mass is 10.1. The molecular formula is C13H17NO2. The number of benzene rings is 1. The van der Waals surface area contributed by atoms with Crippen LogP contribution in [0.2, 0.25) is 0 Å². The zero-order valence-electron chi connectivity index (χ0n) is 9.91. The van der Waals surface area contributed by atoms with Crippen molar-refractivity contribution in [3.8, 4) is 0 Å². The van der Waals surface area contributed by atoms with Gasteiger partial charge in [-0.05, 0) is 38.0 Å². The number of nitrogens with one attached hydrogen (secondary N) is 1. The van der Waals surface area contributed by atoms with Gasteiger partial charge < -0.3 is 5.32 Å². The first-order chi connectivity index (χ1) is 7.54. The van der Waals surface area contributed by atoms with Crippen molar-refractivity contribution in [2.24, 2.45) is 0 Å². The predicted molar refractivity (Wildman–Crippen MR) is 63.4 cm³/mol. The molecule has 1 aromatic carbocycles. The van der Waals surface area contributed by atoms with E-state index in [9.17, 15) is 9.59 Å². The summed E-state index contributed by atoms with van der Waals surface area (Å²) in [5, 5.41) is 2.64. The van der Waals surface area contributed by atoms with Crippen molar-refractivity contribution in [3.05, 3.63) is 35.4 Å². The van der Waals surface area contributed by atoms with Crippen molar-refractivity contribution in [2.45, 2.75) is 33.2 Å². The average Bonchev–Trinajstić information content (AvgIpc) is 2.28. The van der Waals surface area contributed by atoms with Gasteiger partial charge in [-0.2, -0.15) is 0 Å². The normalized spacial score (nSPS) is 11.9. The zero-order chi connectivity index (χ0) is 12.1. The summed E-state index contributed by atoms with van der Waals surface area (Å²) in [5.41, 5.74) is 1.78. The predicted octanol–water partition coefficient (Wildman–Crippen LogP) is 1.96. The molecule has 0 radical (unpaired) electrons. The third kappa shape index (κ3) is 3.19. The summed E-state index contributed by atoms with van der Waals surface area (Å²) in [6, 6.07) is 6.97. The van der Waals surface area contributed by atoms with Crippen LogP contribution in [0, 0.1) is 0 Å². The van der Waals surface area contributed by atoms with Gasteiger partial charge in [-0.25, -0.2) is 0 Å². The van der Waals surface area contributed by atoms with E-state index >= 15 is 0 Å². The first-order valence-corrected chi connectivity index (χ1v) is 5.44. The first kappa shape index (κ1) is 12.4. The second-order valence-corrected chi connectivity index (χ2v) is 3.86. The largest absolute Gasteiger partial charge is 0.343 e. The van der Waals surface area contributed by atoms with Gasteiger partial charge >= 0.3 is 0 Å². The average molecular weight is 219 g/mol. The summed E-state index contributed by atoms with van der Waals surface area (Å²) in [5.74, 6) is -0.246. The van der Waals surface area contributed by atoms with E-state index in [-0.39, 0.29) is 11.7 Å². The highest BCUT2D eigenvalue weighted by Crippen LogP contribution is 2.05. The first-order valence-electron chi connectivity index (χ1n) is 5.44. The van der Waals surface area contributed by atoms with Gasteiger partial charge in [0.25, 0.3) is 5.91 Å². The van der Waals surface area contributed by atoms with Gasteiger partial charge in [0.2, 0.25) is 0 Å². The van der Waals surface area contributed by atoms with Crippen LogP contribution in [0.3, 0.4) is 0 Å². The Morgan fingerprint density at radius 1 is 1.25 bits per heavy atom. The molecule has 1 aromatic rings. The van der Waals surface area contributed by atoms with E-state index in [1.807, 2.05) is 12.1 Å². The summed E-state index contributed by atoms with van der Waals surface area (Å²) >= 11 is 0. The molecule has 0 aliphatic rings. The molecular weight excluding hydrogens is 202 g/mol. The van der Waals surface area contributed by atoms with Crippen molar-refractivity contribution < 1.29 is 9.59 Å². The quantitative estimate of drug-likeness (QED) is 0.841. The Morgan fingerprint density at radius 2 is 1.81 bits per heavy atom. The number of amides is 1. The SMILES string of the molecule is CCc1ccc(C(=O)NC(C)C(C)=O)cc1. The fraction of sp³-hybridized carbons (Fsp3) is 0.385. The van der Waals surface area contributed by atoms with Crippen LogP contribution >= 0.6 is 0 Å². The van der Waals surface area contributed by atoms with Crippen LogP contribution in [0.25, 0.3) is 0 Å². The number of Topliss-reactive ketones (excluding diaryl/α,β-unsaturated/α-hetero) is 1. The molecule has 0 heterocycles. The van der Waals surface area contributed by atoms with Gasteiger partial charge in [0, 0.05) is 5.56 Å². The summed E-state index contributed by atoms with van der Waals surface area (Å²) in [7, 11) is 0. The Hall–Kier alpha value is -1.64. The maximum absolute atomic E-state index is 11.7. The number of hydrogen-bond donors (Lipinski definition) is 1. The van der Waals surface area contributed by atoms with E-state index < -0.39 is 6.04 Å². The van der Waals surface area contributed by atoms with Crippen LogP contribution in [0.4, 0.5) is 0 Å². The van der Waals surface area contributed by atoms with E-state index in [1.165, 1.54) is 12.5 Å². The smallest absolute Gasteiger partial charge is 0.251 e. The highest BCUT2D eigenvalue weighted by molar-refractivity contribution is 5.97. The lowest BCUT2D eigenvalue weighted by Gasteiger charge is -2.10. The Kier molecular flexibility index (Phi) is 4.23. The molecule has 0 aliphatic carbocycles. The van der Waals surface area contributed by atoms with Crippen LogP contribution in [-0.4, -0.2) is 17.7 Å². The van der Waals surface area contributed by atoms with Gasteiger partial charge in [-0.1, -0.05) is 19.1 Å². The van der Waals surface area contributed by atoms with E-state index in [0.717, 1.165) is 6.42 Å². The number of carbonyl (C=O) groups excluding carboxylic acids is 2. The molecule has 0 saturated carbocycles. The molecule has 0 bridgehead atoms. The van der Waals surface area contributed by atoms with Crippen molar-refractivity contribution >= 4 is 11.7 Å². The van der Waals surface area contributed by atoms with Crippen LogP contribution in [-0.2, 0) is 11.2 Å².